The molecule has 2 unspecified atom stereocenters. The minimum absolute atomic E-state index is 0.166. The number of pyridine rings is 1. The van der Waals surface area contributed by atoms with Crippen molar-refractivity contribution >= 4 is 35.0 Å². The molecule has 4 amide bonds. The Bertz CT molecular complexity index is 2480. The molecule has 5 aromatic rings. The Kier molecular flexibility index (Phi) is 15.8. The van der Waals surface area contributed by atoms with Crippen molar-refractivity contribution in [1.29, 1.82) is 0 Å². The van der Waals surface area contributed by atoms with Crippen molar-refractivity contribution in [2.75, 3.05) is 63.3 Å². The van der Waals surface area contributed by atoms with Crippen molar-refractivity contribution in [3.05, 3.63) is 119 Å². The van der Waals surface area contributed by atoms with Crippen LogP contribution < -0.4 is 31.3 Å². The molecule has 17 heteroatoms. The molecule has 3 aromatic carbocycles. The first-order valence-corrected chi connectivity index (χ1v) is 23.4. The van der Waals surface area contributed by atoms with Crippen molar-refractivity contribution in [1.82, 2.24) is 41.0 Å². The summed E-state index contributed by atoms with van der Waals surface area (Å²) >= 11 is 0. The summed E-state index contributed by atoms with van der Waals surface area (Å²) in [6, 6.07) is 24.0. The standard InChI is InChI=1S/C50H60N10O7/c1-34(54-46(62)37-9-5-10-40(30-37)57-50(18-22-52-23-19-50)49-56-45(58-59-49)35-16-20-51-21-17-35)36-8-6-11-41(32-36)67-28-4-2-3-25-65-26-7-27-66-29-24-53-39-12-13-42-38(31-39)33-60(48(42)64)43-14-15-44(61)55-47(43)63/h5-6,8-13,16-17,20-21,30-32,34,43,52-53,57H,2-4,7,14-15,18-19,22-29,33H2,1H3,(H,54,62)(H,55,61,63)(H,56,58,59). The van der Waals surface area contributed by atoms with Crippen LogP contribution in [-0.4, -0.2) is 107 Å². The summed E-state index contributed by atoms with van der Waals surface area (Å²) in [6.07, 6.45) is 9.25. The fourth-order valence-corrected chi connectivity index (χ4v) is 8.72. The van der Waals surface area contributed by atoms with Crippen LogP contribution in [0.15, 0.2) is 91.3 Å². The fourth-order valence-electron chi connectivity index (χ4n) is 8.72. The van der Waals surface area contributed by atoms with Crippen LogP contribution in [-0.2, 0) is 31.1 Å². The Hall–Kier alpha value is -6.69. The van der Waals surface area contributed by atoms with E-state index in [0.717, 1.165) is 91.3 Å². The summed E-state index contributed by atoms with van der Waals surface area (Å²) in [5.74, 6) is 1.10. The van der Waals surface area contributed by atoms with Gasteiger partial charge in [0.2, 0.25) is 11.8 Å². The largest absolute Gasteiger partial charge is 0.494 e. The third kappa shape index (κ3) is 12.2. The highest BCUT2D eigenvalue weighted by molar-refractivity contribution is 6.05. The minimum Gasteiger partial charge on any atom is -0.494 e. The second kappa shape index (κ2) is 22.7. The van der Waals surface area contributed by atoms with Gasteiger partial charge in [0.25, 0.3) is 11.8 Å². The number of nitrogens with one attached hydrogen (secondary N) is 6. The van der Waals surface area contributed by atoms with E-state index in [0.29, 0.717) is 69.5 Å². The molecule has 17 nitrogen and oxygen atoms in total. The molecule has 6 N–H and O–H groups in total. The van der Waals surface area contributed by atoms with Crippen molar-refractivity contribution in [3.63, 3.8) is 0 Å². The van der Waals surface area contributed by atoms with E-state index < -0.39 is 17.5 Å². The monoisotopic (exact) mass is 912 g/mol. The number of imide groups is 1. The number of rotatable bonds is 23. The Balaban J connectivity index is 0.680. The van der Waals surface area contributed by atoms with E-state index in [9.17, 15) is 19.2 Å². The molecular formula is C50H60N10O7. The maximum atomic E-state index is 13.6. The number of unbranched alkanes of at least 4 members (excludes halogenated alkanes) is 2. The average molecular weight is 913 g/mol. The maximum absolute atomic E-state index is 13.6. The summed E-state index contributed by atoms with van der Waals surface area (Å²) in [5.41, 5.74) is 5.09. The predicted octanol–water partition coefficient (Wildman–Crippen LogP) is 5.89. The number of nitrogens with zero attached hydrogens (tertiary/aromatic N) is 4. The summed E-state index contributed by atoms with van der Waals surface area (Å²) in [7, 11) is 0. The number of carbonyl (C=O) groups is 4. The zero-order chi connectivity index (χ0) is 46.4. The van der Waals surface area contributed by atoms with Crippen LogP contribution in [0.1, 0.15) is 102 Å². The van der Waals surface area contributed by atoms with Gasteiger partial charge in [-0.05, 0) is 137 Å². The van der Waals surface area contributed by atoms with Gasteiger partial charge in [-0.2, -0.15) is 5.10 Å². The number of aromatic nitrogens is 4. The topological polar surface area (TPSA) is 214 Å². The molecule has 5 heterocycles. The molecule has 0 bridgehead atoms. The summed E-state index contributed by atoms with van der Waals surface area (Å²) < 4.78 is 17.7. The van der Waals surface area contributed by atoms with Crippen molar-refractivity contribution in [2.45, 2.75) is 82.5 Å². The summed E-state index contributed by atoms with van der Waals surface area (Å²) in [5, 5.41) is 23.7. The van der Waals surface area contributed by atoms with Gasteiger partial charge in [0, 0.05) is 79.8 Å². The van der Waals surface area contributed by atoms with Crippen molar-refractivity contribution < 1.29 is 33.4 Å². The highest BCUT2D eigenvalue weighted by atomic mass is 16.5. The average Bonchev–Trinajstić information content (AvgIpc) is 3.98. The van der Waals surface area contributed by atoms with E-state index in [2.05, 4.69) is 41.8 Å². The minimum atomic E-state index is -0.622. The van der Waals surface area contributed by atoms with Crippen LogP contribution in [0.3, 0.4) is 0 Å². The third-order valence-corrected chi connectivity index (χ3v) is 12.4. The highest BCUT2D eigenvalue weighted by Crippen LogP contribution is 2.34. The van der Waals surface area contributed by atoms with Gasteiger partial charge in [-0.3, -0.25) is 34.6 Å². The van der Waals surface area contributed by atoms with E-state index in [1.165, 1.54) is 0 Å². The number of benzene rings is 3. The number of ether oxygens (including phenoxy) is 3. The normalized spacial score (nSPS) is 17.1. The molecule has 3 aliphatic rings. The van der Waals surface area contributed by atoms with Crippen LogP contribution in [0.5, 0.6) is 5.75 Å². The van der Waals surface area contributed by atoms with Gasteiger partial charge in [0.05, 0.1) is 24.8 Å². The van der Waals surface area contributed by atoms with Gasteiger partial charge in [-0.15, -0.1) is 0 Å². The molecule has 8 rings (SSSR count). The number of H-pyrrole nitrogens is 1. The number of anilines is 2. The first kappa shape index (κ1) is 46.8. The third-order valence-electron chi connectivity index (χ3n) is 12.4. The van der Waals surface area contributed by atoms with Gasteiger partial charge in [0.15, 0.2) is 11.6 Å². The molecule has 67 heavy (non-hydrogen) atoms. The number of hydrogen-bond donors (Lipinski definition) is 6. The smallest absolute Gasteiger partial charge is 0.255 e. The van der Waals surface area contributed by atoms with Gasteiger partial charge < -0.3 is 40.4 Å². The van der Waals surface area contributed by atoms with E-state index in [-0.39, 0.29) is 30.2 Å². The van der Waals surface area contributed by atoms with Crippen molar-refractivity contribution in [2.24, 2.45) is 0 Å². The molecule has 352 valence electrons. The molecule has 3 aliphatic heterocycles. The molecule has 2 fully saturated rings. The molecule has 2 aromatic heterocycles. The second-order valence-corrected chi connectivity index (χ2v) is 17.2. The van der Waals surface area contributed by atoms with Crippen LogP contribution in [0.2, 0.25) is 0 Å². The molecule has 0 saturated carbocycles. The fraction of sp³-hybridized carbons (Fsp3) is 0.420. The first-order chi connectivity index (χ1) is 32.7. The molecule has 2 atom stereocenters. The molecular weight excluding hydrogens is 853 g/mol. The highest BCUT2D eigenvalue weighted by Gasteiger charge is 2.40. The Labute approximate surface area is 390 Å². The van der Waals surface area contributed by atoms with Crippen LogP contribution in [0, 0.1) is 0 Å². The molecule has 2 saturated heterocycles. The van der Waals surface area contributed by atoms with Gasteiger partial charge in [-0.1, -0.05) is 18.2 Å². The van der Waals surface area contributed by atoms with E-state index in [1.807, 2.05) is 79.7 Å². The number of hydrogen-bond acceptors (Lipinski definition) is 13. The lowest BCUT2D eigenvalue weighted by atomic mass is 9.87. The molecule has 0 spiro atoms. The Morgan fingerprint density at radius 3 is 2.49 bits per heavy atom. The van der Waals surface area contributed by atoms with Gasteiger partial charge in [0.1, 0.15) is 11.8 Å². The first-order valence-electron chi connectivity index (χ1n) is 23.4. The number of carbonyl (C=O) groups excluding carboxylic acids is 4. The van der Waals surface area contributed by atoms with Crippen LogP contribution in [0.4, 0.5) is 11.4 Å². The van der Waals surface area contributed by atoms with E-state index in [1.54, 1.807) is 23.4 Å². The predicted molar refractivity (Wildman–Crippen MR) is 252 cm³/mol. The quantitative estimate of drug-likeness (QED) is 0.0334. The zero-order valence-electron chi connectivity index (χ0n) is 38.0. The number of aromatic amines is 1. The maximum Gasteiger partial charge on any atom is 0.255 e. The van der Waals surface area contributed by atoms with E-state index in [4.69, 9.17) is 19.2 Å². The van der Waals surface area contributed by atoms with Gasteiger partial charge in [-0.25, -0.2) is 4.98 Å². The summed E-state index contributed by atoms with van der Waals surface area (Å²) in [6.45, 7) is 7.60. The van der Waals surface area contributed by atoms with Crippen LogP contribution >= 0.6 is 0 Å². The SMILES string of the molecule is CC(NC(=O)c1cccc(NC2(c3nc(-c4ccncc4)n[nH]3)CCNCC2)c1)c1cccc(OCCCCCOCCCOCCNc2ccc3c(c2)CN(C2CCC(=O)NC2=O)C3=O)c1. The second-order valence-electron chi connectivity index (χ2n) is 17.2. The molecule has 0 aliphatic carbocycles. The zero-order valence-corrected chi connectivity index (χ0v) is 38.0. The number of amides is 4. The summed E-state index contributed by atoms with van der Waals surface area (Å²) in [4.78, 5) is 60.9. The van der Waals surface area contributed by atoms with Gasteiger partial charge >= 0.3 is 0 Å². The van der Waals surface area contributed by atoms with Crippen molar-refractivity contribution in [3.8, 4) is 17.1 Å². The number of piperidine rings is 2. The lowest BCUT2D eigenvalue weighted by Crippen LogP contribution is -2.52. The number of fused-ring (bicyclic) bond motifs is 1. The molecule has 0 radical (unpaired) electrons. The Morgan fingerprint density at radius 1 is 0.866 bits per heavy atom. The van der Waals surface area contributed by atoms with E-state index >= 15 is 0 Å². The van der Waals surface area contributed by atoms with Crippen LogP contribution in [0.25, 0.3) is 11.4 Å². The lowest BCUT2D eigenvalue weighted by Gasteiger charge is -2.37. The Morgan fingerprint density at radius 2 is 1.66 bits per heavy atom. The lowest BCUT2D eigenvalue weighted by molar-refractivity contribution is -0.136.